The van der Waals surface area contributed by atoms with Crippen molar-refractivity contribution in [3.8, 4) is 0 Å². The lowest BCUT2D eigenvalue weighted by atomic mass is 9.96. The number of amides is 3. The largest absolute Gasteiger partial charge is 0.347 e. The van der Waals surface area contributed by atoms with E-state index in [1.165, 1.54) is 17.3 Å². The van der Waals surface area contributed by atoms with Crippen molar-refractivity contribution in [2.75, 3.05) is 5.32 Å². The van der Waals surface area contributed by atoms with Gasteiger partial charge in [0.1, 0.15) is 11.4 Å². The molecule has 0 saturated heterocycles. The second-order valence-corrected chi connectivity index (χ2v) is 8.10. The Balaban J connectivity index is 1.51. The van der Waals surface area contributed by atoms with Crippen LogP contribution < -0.4 is 16.1 Å². The summed E-state index contributed by atoms with van der Waals surface area (Å²) in [6.45, 7) is 1.88. The number of rotatable bonds is 5. The second kappa shape index (κ2) is 9.70. The highest BCUT2D eigenvalue weighted by atomic mass is 35.5. The van der Waals surface area contributed by atoms with E-state index < -0.39 is 11.8 Å². The van der Waals surface area contributed by atoms with Gasteiger partial charge >= 0.3 is 0 Å². The molecule has 0 spiro atoms. The number of carbonyl (C=O) groups is 3. The van der Waals surface area contributed by atoms with Crippen LogP contribution in [0.25, 0.3) is 0 Å². The maximum Gasteiger partial charge on any atom is 0.278 e. The molecule has 168 valence electrons. The van der Waals surface area contributed by atoms with Gasteiger partial charge in [-0.1, -0.05) is 41.9 Å². The van der Waals surface area contributed by atoms with Crippen LogP contribution in [0.1, 0.15) is 25.3 Å². The monoisotopic (exact) mass is 463 g/mol. The van der Waals surface area contributed by atoms with Gasteiger partial charge in [0, 0.05) is 23.0 Å². The number of nitrogens with zero attached hydrogens (tertiary/aromatic N) is 2. The Bertz CT molecular complexity index is 1170. The fraction of sp³-hybridized carbons (Fsp3) is 0.167. The molecule has 3 amide bonds. The number of hydrogen-bond acceptors (Lipinski definition) is 5. The number of para-hydroxylation sites is 1. The molecule has 2 aliphatic rings. The molecule has 0 radical (unpaired) electrons. The molecule has 9 heteroatoms. The van der Waals surface area contributed by atoms with E-state index in [0.717, 1.165) is 5.56 Å². The molecular formula is C24H22ClN5O3. The summed E-state index contributed by atoms with van der Waals surface area (Å²) in [5.41, 5.74) is 4.14. The third-order valence-corrected chi connectivity index (χ3v) is 5.63. The Hall–Kier alpha value is -3.91. The van der Waals surface area contributed by atoms with E-state index in [9.17, 15) is 14.4 Å². The van der Waals surface area contributed by atoms with Crippen molar-refractivity contribution < 1.29 is 14.4 Å². The van der Waals surface area contributed by atoms with Crippen LogP contribution in [0.15, 0.2) is 82.9 Å². The number of benzene rings is 2. The summed E-state index contributed by atoms with van der Waals surface area (Å²) >= 11 is 5.85. The van der Waals surface area contributed by atoms with Gasteiger partial charge in [0.15, 0.2) is 0 Å². The number of hydrazone groups is 1. The number of halogens is 1. The van der Waals surface area contributed by atoms with Crippen LogP contribution in [0, 0.1) is 0 Å². The van der Waals surface area contributed by atoms with E-state index in [1.807, 2.05) is 25.1 Å². The summed E-state index contributed by atoms with van der Waals surface area (Å²) in [7, 11) is 0. The van der Waals surface area contributed by atoms with E-state index in [4.69, 9.17) is 11.6 Å². The first kappa shape index (κ1) is 22.3. The Kier molecular flexibility index (Phi) is 6.55. The fourth-order valence-electron chi connectivity index (χ4n) is 3.64. The zero-order chi connectivity index (χ0) is 23.4. The fourth-order valence-corrected chi connectivity index (χ4v) is 3.77. The quantitative estimate of drug-likeness (QED) is 0.360. The highest BCUT2D eigenvalue weighted by Gasteiger charge is 2.38. The third kappa shape index (κ3) is 4.96. The maximum absolute atomic E-state index is 13.1. The lowest BCUT2D eigenvalue weighted by Gasteiger charge is -2.39. The van der Waals surface area contributed by atoms with E-state index in [1.54, 1.807) is 36.4 Å². The van der Waals surface area contributed by atoms with E-state index in [0.29, 0.717) is 34.9 Å². The van der Waals surface area contributed by atoms with Crippen LogP contribution in [0.3, 0.4) is 0 Å². The first-order valence-corrected chi connectivity index (χ1v) is 10.8. The van der Waals surface area contributed by atoms with E-state index >= 15 is 0 Å². The number of anilines is 1. The van der Waals surface area contributed by atoms with E-state index in [-0.39, 0.29) is 17.5 Å². The maximum atomic E-state index is 13.1. The molecule has 33 heavy (non-hydrogen) atoms. The lowest BCUT2D eigenvalue weighted by Crippen LogP contribution is -2.51. The van der Waals surface area contributed by atoms with Crippen molar-refractivity contribution >= 4 is 41.2 Å². The molecule has 2 aromatic carbocycles. The minimum Gasteiger partial charge on any atom is -0.347 e. The summed E-state index contributed by atoms with van der Waals surface area (Å²) in [4.78, 5) is 40.1. The van der Waals surface area contributed by atoms with Crippen molar-refractivity contribution in [2.24, 2.45) is 5.10 Å². The lowest BCUT2D eigenvalue weighted by molar-refractivity contribution is -0.131. The van der Waals surface area contributed by atoms with Gasteiger partial charge in [-0.25, -0.2) is 5.43 Å². The van der Waals surface area contributed by atoms with Crippen molar-refractivity contribution in [3.05, 3.63) is 88.4 Å². The SMILES string of the molecule is CC1CCC(C(=O)Nc2ccccc2)=C2NC=C(C(=O)N/N=C/c3ccc(Cl)cc3)C(=O)N21. The van der Waals surface area contributed by atoms with Gasteiger partial charge in [-0.3, -0.25) is 19.3 Å². The van der Waals surface area contributed by atoms with Gasteiger partial charge in [-0.2, -0.15) is 5.10 Å². The first-order chi connectivity index (χ1) is 15.9. The first-order valence-electron chi connectivity index (χ1n) is 10.4. The molecule has 3 N–H and O–H groups in total. The Labute approximate surface area is 196 Å². The smallest absolute Gasteiger partial charge is 0.278 e. The molecule has 0 saturated carbocycles. The molecule has 0 fully saturated rings. The number of carbonyl (C=O) groups excluding carboxylic acids is 3. The van der Waals surface area contributed by atoms with Crippen molar-refractivity contribution in [1.29, 1.82) is 0 Å². The summed E-state index contributed by atoms with van der Waals surface area (Å²) in [5, 5.41) is 10.3. The predicted molar refractivity (Wildman–Crippen MR) is 126 cm³/mol. The van der Waals surface area contributed by atoms with Crippen LogP contribution in [0.5, 0.6) is 0 Å². The second-order valence-electron chi connectivity index (χ2n) is 7.66. The van der Waals surface area contributed by atoms with E-state index in [2.05, 4.69) is 21.2 Å². The van der Waals surface area contributed by atoms with Crippen LogP contribution in [-0.4, -0.2) is 34.9 Å². The minimum absolute atomic E-state index is 0.0939. The number of nitrogens with one attached hydrogen (secondary N) is 3. The molecule has 2 heterocycles. The highest BCUT2D eigenvalue weighted by molar-refractivity contribution is 6.30. The molecule has 4 rings (SSSR count). The summed E-state index contributed by atoms with van der Waals surface area (Å²) < 4.78 is 0. The van der Waals surface area contributed by atoms with Crippen molar-refractivity contribution in [1.82, 2.24) is 15.6 Å². The Morgan fingerprint density at radius 3 is 2.58 bits per heavy atom. The summed E-state index contributed by atoms with van der Waals surface area (Å²) in [6, 6.07) is 15.8. The van der Waals surface area contributed by atoms with Crippen LogP contribution in [-0.2, 0) is 14.4 Å². The van der Waals surface area contributed by atoms with Gasteiger partial charge in [0.25, 0.3) is 17.7 Å². The molecule has 1 atom stereocenters. The molecule has 0 aliphatic carbocycles. The zero-order valence-electron chi connectivity index (χ0n) is 17.8. The van der Waals surface area contributed by atoms with Gasteiger partial charge in [0.2, 0.25) is 0 Å². The van der Waals surface area contributed by atoms with Crippen LogP contribution in [0.2, 0.25) is 5.02 Å². The standard InChI is InChI=1S/C24H22ClN5O3/c1-15-7-12-19(22(31)28-18-5-3-2-4-6-18)21-26-14-20(24(33)30(15)21)23(32)29-27-13-16-8-10-17(25)11-9-16/h2-6,8-11,13-15,26H,7,12H2,1H3,(H,28,31)(H,29,32)/b27-13+. The minimum atomic E-state index is -0.648. The topological polar surface area (TPSA) is 103 Å². The number of hydrogen-bond donors (Lipinski definition) is 3. The third-order valence-electron chi connectivity index (χ3n) is 5.38. The number of fused-ring (bicyclic) bond motifs is 1. The molecule has 8 nitrogen and oxygen atoms in total. The Morgan fingerprint density at radius 1 is 1.12 bits per heavy atom. The zero-order valence-corrected chi connectivity index (χ0v) is 18.6. The summed E-state index contributed by atoms with van der Waals surface area (Å²) in [6.07, 6.45) is 3.87. The normalized spacial score (nSPS) is 17.9. The van der Waals surface area contributed by atoms with Gasteiger partial charge < -0.3 is 10.6 Å². The van der Waals surface area contributed by atoms with Crippen LogP contribution >= 0.6 is 11.6 Å². The average Bonchev–Trinajstić information content (AvgIpc) is 2.81. The van der Waals surface area contributed by atoms with Gasteiger partial charge in [-0.15, -0.1) is 0 Å². The molecule has 1 unspecified atom stereocenters. The Morgan fingerprint density at radius 2 is 1.85 bits per heavy atom. The molecular weight excluding hydrogens is 442 g/mol. The molecule has 2 aliphatic heterocycles. The molecule has 0 bridgehead atoms. The predicted octanol–water partition coefficient (Wildman–Crippen LogP) is 3.14. The molecule has 2 aromatic rings. The van der Waals surface area contributed by atoms with Crippen molar-refractivity contribution in [3.63, 3.8) is 0 Å². The highest BCUT2D eigenvalue weighted by Crippen LogP contribution is 2.30. The molecule has 0 aromatic heterocycles. The van der Waals surface area contributed by atoms with Gasteiger partial charge in [0.05, 0.1) is 11.8 Å². The van der Waals surface area contributed by atoms with Crippen LogP contribution in [0.4, 0.5) is 5.69 Å². The van der Waals surface area contributed by atoms with Crippen molar-refractivity contribution in [2.45, 2.75) is 25.8 Å². The summed E-state index contributed by atoms with van der Waals surface area (Å²) in [5.74, 6) is -1.03. The average molecular weight is 464 g/mol. The van der Waals surface area contributed by atoms with Gasteiger partial charge in [-0.05, 0) is 49.6 Å².